The van der Waals surface area contributed by atoms with Crippen LogP contribution in [0.1, 0.15) is 50.8 Å². The molecule has 0 amide bonds. The number of benzene rings is 2. The van der Waals surface area contributed by atoms with E-state index in [4.69, 9.17) is 0 Å². The van der Waals surface area contributed by atoms with Gasteiger partial charge in [-0.05, 0) is 63.8 Å². The highest BCUT2D eigenvalue weighted by atomic mass is 14.6. The number of aromatic nitrogens is 1. The first-order valence-corrected chi connectivity index (χ1v) is 8.13. The van der Waals surface area contributed by atoms with Crippen LogP contribution < -0.4 is 0 Å². The largest absolute Gasteiger partial charge is 0.256 e. The summed E-state index contributed by atoms with van der Waals surface area (Å²) in [6.07, 6.45) is 3.10. The number of pyridine rings is 1. The molecule has 0 unspecified atom stereocenters. The number of nitrogens with zero attached hydrogens (tertiary/aromatic N) is 1. The minimum Gasteiger partial charge on any atom is -0.256 e. The Balaban J connectivity index is 2.23. The summed E-state index contributed by atoms with van der Waals surface area (Å²) in [6, 6.07) is 11.3. The van der Waals surface area contributed by atoms with Crippen LogP contribution in [0.3, 0.4) is 0 Å². The van der Waals surface area contributed by atoms with Crippen molar-refractivity contribution in [2.75, 3.05) is 0 Å². The molecule has 1 aliphatic carbocycles. The maximum absolute atomic E-state index is 4.59. The minimum absolute atomic E-state index is 0.223. The van der Waals surface area contributed by atoms with Crippen molar-refractivity contribution in [3.05, 3.63) is 53.2 Å². The molecule has 0 N–H and O–H groups in total. The Hall–Kier alpha value is -1.89. The highest BCUT2D eigenvalue weighted by Crippen LogP contribution is 2.52. The molecule has 1 heterocycles. The van der Waals surface area contributed by atoms with Crippen LogP contribution in [0.15, 0.2) is 36.5 Å². The molecule has 112 valence electrons. The van der Waals surface area contributed by atoms with Gasteiger partial charge in [-0.25, -0.2) is 0 Å². The van der Waals surface area contributed by atoms with E-state index in [1.54, 1.807) is 5.56 Å². The van der Waals surface area contributed by atoms with Gasteiger partial charge in [-0.15, -0.1) is 0 Å². The molecule has 3 aromatic rings. The Kier molecular flexibility index (Phi) is 2.56. The first kappa shape index (κ1) is 13.8. The lowest BCUT2D eigenvalue weighted by atomic mass is 9.81. The van der Waals surface area contributed by atoms with Crippen LogP contribution in [0.2, 0.25) is 0 Å². The molecule has 0 saturated carbocycles. The summed E-state index contributed by atoms with van der Waals surface area (Å²) < 4.78 is 0. The second-order valence-corrected chi connectivity index (χ2v) is 8.12. The van der Waals surface area contributed by atoms with Crippen molar-refractivity contribution in [3.8, 4) is 0 Å². The summed E-state index contributed by atoms with van der Waals surface area (Å²) in [4.78, 5) is 4.59. The summed E-state index contributed by atoms with van der Waals surface area (Å²) in [5, 5.41) is 4.05. The molecule has 22 heavy (non-hydrogen) atoms. The van der Waals surface area contributed by atoms with Crippen molar-refractivity contribution in [1.29, 1.82) is 0 Å². The topological polar surface area (TPSA) is 12.9 Å². The van der Waals surface area contributed by atoms with Gasteiger partial charge in [-0.1, -0.05) is 45.9 Å². The van der Waals surface area contributed by atoms with Gasteiger partial charge >= 0.3 is 0 Å². The Morgan fingerprint density at radius 2 is 1.68 bits per heavy atom. The fraction of sp³-hybridized carbons (Fsp3) is 0.381. The van der Waals surface area contributed by atoms with Crippen molar-refractivity contribution < 1.29 is 0 Å². The Bertz CT molecular complexity index is 916. The van der Waals surface area contributed by atoms with Gasteiger partial charge in [-0.2, -0.15) is 0 Å². The van der Waals surface area contributed by atoms with Crippen LogP contribution in [-0.4, -0.2) is 4.98 Å². The summed E-state index contributed by atoms with van der Waals surface area (Å²) in [7, 11) is 0. The van der Waals surface area contributed by atoms with Crippen molar-refractivity contribution >= 4 is 21.7 Å². The molecule has 0 radical (unpaired) electrons. The third-order valence-electron chi connectivity index (χ3n) is 5.37. The minimum atomic E-state index is 0.223. The van der Waals surface area contributed by atoms with E-state index in [1.807, 2.05) is 12.3 Å². The molecule has 0 bridgehead atoms. The maximum Gasteiger partial charge on any atom is 0.0737 e. The van der Waals surface area contributed by atoms with Gasteiger partial charge in [0.25, 0.3) is 0 Å². The maximum atomic E-state index is 4.59. The third-order valence-corrected chi connectivity index (χ3v) is 5.37. The predicted octanol–water partition coefficient (Wildman–Crippen LogP) is 5.66. The highest BCUT2D eigenvalue weighted by molar-refractivity contribution is 6.09. The lowest BCUT2D eigenvalue weighted by molar-refractivity contribution is 0.404. The van der Waals surface area contributed by atoms with Crippen LogP contribution in [-0.2, 0) is 10.8 Å². The fourth-order valence-electron chi connectivity index (χ4n) is 4.81. The predicted molar refractivity (Wildman–Crippen MR) is 94.7 cm³/mol. The number of hydrogen-bond donors (Lipinski definition) is 0. The van der Waals surface area contributed by atoms with Gasteiger partial charge in [0.1, 0.15) is 0 Å². The zero-order chi connectivity index (χ0) is 15.7. The molecule has 0 spiro atoms. The Labute approximate surface area is 132 Å². The Morgan fingerprint density at radius 3 is 2.45 bits per heavy atom. The molecular weight excluding hydrogens is 266 g/mol. The van der Waals surface area contributed by atoms with E-state index in [0.717, 1.165) is 5.52 Å². The van der Waals surface area contributed by atoms with Gasteiger partial charge in [0.2, 0.25) is 0 Å². The first-order valence-electron chi connectivity index (χ1n) is 8.13. The van der Waals surface area contributed by atoms with E-state index in [1.165, 1.54) is 33.7 Å². The number of rotatable bonds is 0. The van der Waals surface area contributed by atoms with Crippen LogP contribution in [0, 0.1) is 6.92 Å². The molecule has 0 atom stereocenters. The van der Waals surface area contributed by atoms with Crippen molar-refractivity contribution in [1.82, 2.24) is 4.98 Å². The summed E-state index contributed by atoms with van der Waals surface area (Å²) in [6.45, 7) is 11.7. The van der Waals surface area contributed by atoms with Crippen LogP contribution in [0.4, 0.5) is 0 Å². The lowest BCUT2D eigenvalue weighted by Gasteiger charge is -2.23. The second kappa shape index (κ2) is 4.10. The molecule has 2 aromatic carbocycles. The van der Waals surface area contributed by atoms with E-state index in [2.05, 4.69) is 63.9 Å². The number of fused-ring (bicyclic) bond motifs is 5. The quantitative estimate of drug-likeness (QED) is 0.487. The monoisotopic (exact) mass is 289 g/mol. The summed E-state index contributed by atoms with van der Waals surface area (Å²) >= 11 is 0. The van der Waals surface area contributed by atoms with Gasteiger partial charge in [0, 0.05) is 11.6 Å². The average Bonchev–Trinajstić information content (AvgIpc) is 2.64. The Morgan fingerprint density at radius 1 is 0.909 bits per heavy atom. The third kappa shape index (κ3) is 1.68. The van der Waals surface area contributed by atoms with E-state index in [0.29, 0.717) is 0 Å². The van der Waals surface area contributed by atoms with Gasteiger partial charge in [0.05, 0.1) is 5.52 Å². The van der Waals surface area contributed by atoms with Crippen molar-refractivity contribution in [2.45, 2.75) is 51.9 Å². The molecular formula is C21H23N. The second-order valence-electron chi connectivity index (χ2n) is 8.12. The molecule has 0 fully saturated rings. The normalized spacial score (nSPS) is 18.8. The molecule has 0 aliphatic heterocycles. The highest BCUT2D eigenvalue weighted by Gasteiger charge is 2.42. The summed E-state index contributed by atoms with van der Waals surface area (Å²) in [5.74, 6) is 0. The van der Waals surface area contributed by atoms with E-state index < -0.39 is 0 Å². The molecule has 1 nitrogen and oxygen atoms in total. The zero-order valence-electron chi connectivity index (χ0n) is 14.1. The van der Waals surface area contributed by atoms with E-state index >= 15 is 0 Å². The molecule has 1 aromatic heterocycles. The molecule has 0 saturated heterocycles. The van der Waals surface area contributed by atoms with Crippen molar-refractivity contribution in [2.24, 2.45) is 0 Å². The smallest absolute Gasteiger partial charge is 0.0737 e. The standard InChI is InChI=1S/C21H23N/c1-13-11-16-14(15-7-6-10-22-19(13)15)8-9-17-18(16)21(4,5)12-20(17,2)3/h6-11H,12H2,1-5H3. The van der Waals surface area contributed by atoms with Crippen LogP contribution in [0.25, 0.3) is 21.7 Å². The van der Waals surface area contributed by atoms with E-state index in [-0.39, 0.29) is 10.8 Å². The van der Waals surface area contributed by atoms with Crippen LogP contribution in [0.5, 0.6) is 0 Å². The fourth-order valence-corrected chi connectivity index (χ4v) is 4.81. The van der Waals surface area contributed by atoms with Gasteiger partial charge in [-0.3, -0.25) is 4.98 Å². The van der Waals surface area contributed by atoms with Gasteiger partial charge in [0.15, 0.2) is 0 Å². The SMILES string of the molecule is Cc1cc2c3c(ccc2c2cccnc12)C(C)(C)CC3(C)C. The molecule has 4 rings (SSSR count). The molecule has 1 aliphatic rings. The van der Waals surface area contributed by atoms with Gasteiger partial charge < -0.3 is 0 Å². The average molecular weight is 289 g/mol. The molecule has 1 heteroatoms. The first-order chi connectivity index (χ1) is 10.3. The van der Waals surface area contributed by atoms with Crippen LogP contribution >= 0.6 is 0 Å². The number of aryl methyl sites for hydroxylation is 1. The van der Waals surface area contributed by atoms with E-state index in [9.17, 15) is 0 Å². The number of hydrogen-bond acceptors (Lipinski definition) is 1. The lowest BCUT2D eigenvalue weighted by Crippen LogP contribution is -2.18. The summed E-state index contributed by atoms with van der Waals surface area (Å²) in [5.41, 5.74) is 5.95. The zero-order valence-corrected chi connectivity index (χ0v) is 14.1. The van der Waals surface area contributed by atoms with Crippen molar-refractivity contribution in [3.63, 3.8) is 0 Å².